The lowest BCUT2D eigenvalue weighted by atomic mass is 9.71. The molecule has 0 N–H and O–H groups in total. The molecule has 4 heterocycles. The molecule has 7 rings (SSSR count). The van der Waals surface area contributed by atoms with E-state index in [1.807, 2.05) is 48.5 Å². The number of piperidine rings is 3. The number of fused-ring (bicyclic) bond motifs is 4. The van der Waals surface area contributed by atoms with Crippen LogP contribution in [-0.2, 0) is 13.2 Å². The maximum Gasteiger partial charge on any atom is 0.265 e. The minimum absolute atomic E-state index is 0.0000754. The van der Waals surface area contributed by atoms with Gasteiger partial charge >= 0.3 is 0 Å². The Morgan fingerprint density at radius 3 is 1.80 bits per heavy atom. The highest BCUT2D eigenvalue weighted by molar-refractivity contribution is 6.23. The van der Waals surface area contributed by atoms with Crippen LogP contribution < -0.4 is 18.9 Å². The molecule has 208 valence electrons. The first-order valence-corrected chi connectivity index (χ1v) is 13.8. The van der Waals surface area contributed by atoms with Crippen molar-refractivity contribution in [2.75, 3.05) is 40.4 Å². The first kappa shape index (κ1) is 26.2. The summed E-state index contributed by atoms with van der Waals surface area (Å²) >= 11 is 0. The van der Waals surface area contributed by atoms with Gasteiger partial charge in [0.1, 0.15) is 24.7 Å². The smallest absolute Gasteiger partial charge is 0.265 e. The summed E-state index contributed by atoms with van der Waals surface area (Å²) in [6.45, 7) is 4.02. The van der Waals surface area contributed by atoms with E-state index < -0.39 is 0 Å². The van der Waals surface area contributed by atoms with Gasteiger partial charge < -0.3 is 23.8 Å². The highest BCUT2D eigenvalue weighted by atomic mass is 16.5. The lowest BCUT2D eigenvalue weighted by molar-refractivity contribution is 0.00361. The fraction of sp³-hybridized carbons (Fsp3) is 0.375. The monoisotopic (exact) mass is 542 g/mol. The molecule has 40 heavy (non-hydrogen) atoms. The van der Waals surface area contributed by atoms with Gasteiger partial charge in [-0.15, -0.1) is 0 Å². The minimum atomic E-state index is -0.304. The van der Waals surface area contributed by atoms with E-state index in [9.17, 15) is 9.59 Å². The number of nitrogens with zero attached hydrogens (tertiary/aromatic N) is 2. The zero-order valence-corrected chi connectivity index (χ0v) is 23.0. The van der Waals surface area contributed by atoms with E-state index in [1.165, 1.54) is 4.90 Å². The van der Waals surface area contributed by atoms with E-state index in [2.05, 4.69) is 4.90 Å². The number of carbonyl (C=O) groups excluding carboxylic acids is 2. The van der Waals surface area contributed by atoms with Crippen LogP contribution in [0.1, 0.15) is 51.1 Å². The maximum absolute atomic E-state index is 13.9. The minimum Gasteiger partial charge on any atom is -0.497 e. The largest absolute Gasteiger partial charge is 0.497 e. The van der Waals surface area contributed by atoms with Crippen LogP contribution in [0.5, 0.6) is 23.0 Å². The molecule has 8 heteroatoms. The van der Waals surface area contributed by atoms with Crippen molar-refractivity contribution in [2.45, 2.75) is 32.5 Å². The standard InChI is InChI=1S/C32H34N2O6/c1-37-24-7-3-22(4-8-24)19-39-27-12-11-26-28(29(27)40-20-23-5-9-25(38-2)10-6-23)31(36)34(30(26)35)21-32-13-16-33(17-14-32)18-15-32/h3-12H,13-21H2,1-2H3. The third-order valence-corrected chi connectivity index (χ3v) is 8.52. The van der Waals surface area contributed by atoms with E-state index in [0.29, 0.717) is 23.6 Å². The van der Waals surface area contributed by atoms with Crippen molar-refractivity contribution in [3.05, 3.63) is 82.9 Å². The van der Waals surface area contributed by atoms with E-state index in [-0.39, 0.29) is 36.0 Å². The predicted octanol–water partition coefficient (Wildman–Crippen LogP) is 4.94. The molecule has 0 aliphatic carbocycles. The van der Waals surface area contributed by atoms with Gasteiger partial charge in [-0.1, -0.05) is 24.3 Å². The van der Waals surface area contributed by atoms with Crippen molar-refractivity contribution >= 4 is 11.8 Å². The molecule has 2 bridgehead atoms. The van der Waals surface area contributed by atoms with Gasteiger partial charge in [0.2, 0.25) is 0 Å². The number of imide groups is 1. The average Bonchev–Trinajstić information content (AvgIpc) is 3.25. The molecule has 2 amide bonds. The predicted molar refractivity (Wildman–Crippen MR) is 149 cm³/mol. The molecule has 4 aliphatic heterocycles. The number of methoxy groups -OCH3 is 2. The van der Waals surface area contributed by atoms with Gasteiger partial charge in [0.15, 0.2) is 11.5 Å². The van der Waals surface area contributed by atoms with Gasteiger partial charge in [-0.2, -0.15) is 0 Å². The third-order valence-electron chi connectivity index (χ3n) is 8.52. The van der Waals surface area contributed by atoms with Crippen LogP contribution in [0.2, 0.25) is 0 Å². The highest BCUT2D eigenvalue weighted by Gasteiger charge is 2.47. The van der Waals surface area contributed by atoms with Crippen molar-refractivity contribution in [1.29, 1.82) is 0 Å². The molecule has 3 fully saturated rings. The molecule has 0 aromatic heterocycles. The van der Waals surface area contributed by atoms with Crippen molar-refractivity contribution in [2.24, 2.45) is 5.41 Å². The fourth-order valence-corrected chi connectivity index (χ4v) is 5.96. The van der Waals surface area contributed by atoms with E-state index in [4.69, 9.17) is 18.9 Å². The molecule has 4 aliphatic rings. The lowest BCUT2D eigenvalue weighted by Crippen LogP contribution is -2.53. The summed E-state index contributed by atoms with van der Waals surface area (Å²) in [4.78, 5) is 31.4. The van der Waals surface area contributed by atoms with Gasteiger partial charge in [-0.25, -0.2) is 0 Å². The van der Waals surface area contributed by atoms with Crippen LogP contribution in [0, 0.1) is 5.41 Å². The van der Waals surface area contributed by atoms with E-state index in [0.717, 1.165) is 61.5 Å². The van der Waals surface area contributed by atoms with Gasteiger partial charge in [0.25, 0.3) is 11.8 Å². The molecule has 0 unspecified atom stereocenters. The molecule has 0 atom stereocenters. The Morgan fingerprint density at radius 2 is 1.25 bits per heavy atom. The van der Waals surface area contributed by atoms with Gasteiger partial charge in [0.05, 0.1) is 25.3 Å². The molecule has 8 nitrogen and oxygen atoms in total. The Bertz CT molecular complexity index is 1380. The average molecular weight is 543 g/mol. The normalized spacial score (nSPS) is 21.4. The summed E-state index contributed by atoms with van der Waals surface area (Å²) in [6.07, 6.45) is 3.03. The quantitative estimate of drug-likeness (QED) is 0.336. The second-order valence-corrected chi connectivity index (χ2v) is 10.9. The van der Waals surface area contributed by atoms with Crippen molar-refractivity contribution < 1.29 is 28.5 Å². The third kappa shape index (κ3) is 4.99. The molecule has 0 radical (unpaired) electrons. The molecule has 3 aromatic carbocycles. The SMILES string of the molecule is COc1ccc(COc2ccc3c(c2OCc2ccc(OC)cc2)C(=O)N(CC24CCN(CC2)CC4)C3=O)cc1. The van der Waals surface area contributed by atoms with Crippen LogP contribution in [0.4, 0.5) is 0 Å². The first-order chi connectivity index (χ1) is 19.5. The molecule has 0 saturated carbocycles. The second kappa shape index (κ2) is 10.8. The van der Waals surface area contributed by atoms with E-state index >= 15 is 0 Å². The zero-order valence-electron chi connectivity index (χ0n) is 23.0. The Hall–Kier alpha value is -4.04. The summed E-state index contributed by atoms with van der Waals surface area (Å²) in [5, 5.41) is 0. The summed E-state index contributed by atoms with van der Waals surface area (Å²) < 4.78 is 23.0. The van der Waals surface area contributed by atoms with Crippen LogP contribution in [0.15, 0.2) is 60.7 Å². The van der Waals surface area contributed by atoms with Gasteiger partial charge in [-0.05, 0) is 91.8 Å². The molecule has 3 saturated heterocycles. The molecular formula is C32H34N2O6. The maximum atomic E-state index is 13.9. The zero-order chi connectivity index (χ0) is 27.7. The number of rotatable bonds is 10. The number of carbonyl (C=O) groups is 2. The summed E-state index contributed by atoms with van der Waals surface area (Å²) in [5.74, 6) is 1.68. The number of benzene rings is 3. The van der Waals surface area contributed by atoms with Crippen LogP contribution in [0.25, 0.3) is 0 Å². The fourth-order valence-electron chi connectivity index (χ4n) is 5.96. The van der Waals surface area contributed by atoms with Crippen LogP contribution in [-0.4, -0.2) is 62.0 Å². The molecule has 0 spiro atoms. The lowest BCUT2D eigenvalue weighted by Gasteiger charge is -2.49. The summed E-state index contributed by atoms with van der Waals surface area (Å²) in [6, 6.07) is 18.6. The molecular weight excluding hydrogens is 508 g/mol. The number of amides is 2. The highest BCUT2D eigenvalue weighted by Crippen LogP contribution is 2.44. The van der Waals surface area contributed by atoms with Gasteiger partial charge in [0, 0.05) is 6.54 Å². The Labute approximate surface area is 234 Å². The number of hydrogen-bond acceptors (Lipinski definition) is 7. The summed E-state index contributed by atoms with van der Waals surface area (Å²) in [7, 11) is 3.25. The second-order valence-electron chi connectivity index (χ2n) is 10.9. The topological polar surface area (TPSA) is 77.5 Å². The first-order valence-electron chi connectivity index (χ1n) is 13.8. The van der Waals surface area contributed by atoms with Crippen LogP contribution >= 0.6 is 0 Å². The van der Waals surface area contributed by atoms with Crippen molar-refractivity contribution in [3.63, 3.8) is 0 Å². The number of ether oxygens (including phenoxy) is 4. The van der Waals surface area contributed by atoms with Gasteiger partial charge in [-0.3, -0.25) is 14.5 Å². The number of hydrogen-bond donors (Lipinski definition) is 0. The van der Waals surface area contributed by atoms with E-state index in [1.54, 1.807) is 26.4 Å². The molecule has 3 aromatic rings. The van der Waals surface area contributed by atoms with Crippen molar-refractivity contribution in [3.8, 4) is 23.0 Å². The summed E-state index contributed by atoms with van der Waals surface area (Å²) in [5.41, 5.74) is 2.50. The van der Waals surface area contributed by atoms with Crippen molar-refractivity contribution in [1.82, 2.24) is 9.80 Å². The Kier molecular flexibility index (Phi) is 7.11. The Morgan fingerprint density at radius 1 is 0.700 bits per heavy atom. The Balaban J connectivity index is 1.28. The van der Waals surface area contributed by atoms with Crippen LogP contribution in [0.3, 0.4) is 0 Å².